The number of nitrogens with two attached hydrogens (primary N) is 1. The monoisotopic (exact) mass is 275 g/mol. The number of amidine groups is 1. The average molecular weight is 275 g/mol. The van der Waals surface area contributed by atoms with Crippen LogP contribution in [0, 0.1) is 23.4 Å². The van der Waals surface area contributed by atoms with Crippen molar-refractivity contribution in [3.63, 3.8) is 0 Å². The van der Waals surface area contributed by atoms with Crippen molar-refractivity contribution in [1.29, 1.82) is 0 Å². The van der Waals surface area contributed by atoms with Gasteiger partial charge in [0.2, 0.25) is 0 Å². The molecule has 1 atom stereocenters. The number of carbonyl (C=O) groups excluding carboxylic acids is 1. The molecule has 0 aliphatic heterocycles. The topological polar surface area (TPSA) is 87.7 Å². The number of nitrogens with one attached hydrogen (secondary N) is 1. The van der Waals surface area contributed by atoms with Crippen LogP contribution in [0.1, 0.15) is 17.3 Å². The van der Waals surface area contributed by atoms with E-state index in [1.807, 2.05) is 0 Å². The van der Waals surface area contributed by atoms with Crippen LogP contribution in [0.15, 0.2) is 17.3 Å². The fraction of sp³-hybridized carbons (Fsp3) is 0.273. The molecule has 1 aromatic rings. The fourth-order valence-corrected chi connectivity index (χ4v) is 1.24. The van der Waals surface area contributed by atoms with Crippen molar-refractivity contribution in [2.75, 3.05) is 6.54 Å². The van der Waals surface area contributed by atoms with Gasteiger partial charge in [0.05, 0.1) is 0 Å². The lowest BCUT2D eigenvalue weighted by Gasteiger charge is -2.11. The maximum Gasteiger partial charge on any atom is 0.251 e. The zero-order valence-electron chi connectivity index (χ0n) is 9.95. The number of carbonyl (C=O) groups is 1. The Balaban J connectivity index is 2.74. The van der Waals surface area contributed by atoms with Crippen LogP contribution in [0.3, 0.4) is 0 Å². The molecule has 8 heteroatoms. The lowest BCUT2D eigenvalue weighted by molar-refractivity contribution is 0.0950. The molecule has 0 saturated heterocycles. The Hall–Kier alpha value is -2.25. The Morgan fingerprint density at radius 3 is 2.42 bits per heavy atom. The van der Waals surface area contributed by atoms with Gasteiger partial charge in [0.15, 0.2) is 17.5 Å². The number of oxime groups is 1. The number of hydrogen-bond acceptors (Lipinski definition) is 3. The quantitative estimate of drug-likeness (QED) is 0.254. The minimum absolute atomic E-state index is 0.00462. The van der Waals surface area contributed by atoms with Gasteiger partial charge in [-0.2, -0.15) is 0 Å². The van der Waals surface area contributed by atoms with Crippen LogP contribution >= 0.6 is 0 Å². The summed E-state index contributed by atoms with van der Waals surface area (Å²) in [6.45, 7) is 1.57. The van der Waals surface area contributed by atoms with Gasteiger partial charge in [-0.3, -0.25) is 4.79 Å². The Labute approximate surface area is 106 Å². The highest BCUT2D eigenvalue weighted by Gasteiger charge is 2.16. The molecule has 0 aliphatic carbocycles. The summed E-state index contributed by atoms with van der Waals surface area (Å²) in [5.74, 6) is -5.90. The van der Waals surface area contributed by atoms with Crippen molar-refractivity contribution in [3.05, 3.63) is 35.1 Å². The zero-order chi connectivity index (χ0) is 14.6. The van der Waals surface area contributed by atoms with Gasteiger partial charge < -0.3 is 16.3 Å². The Bertz CT molecular complexity index is 497. The summed E-state index contributed by atoms with van der Waals surface area (Å²) in [6.07, 6.45) is 0. The first-order chi connectivity index (χ1) is 8.86. The van der Waals surface area contributed by atoms with E-state index in [1.54, 1.807) is 6.92 Å². The Morgan fingerprint density at radius 1 is 1.42 bits per heavy atom. The summed E-state index contributed by atoms with van der Waals surface area (Å²) in [4.78, 5) is 11.6. The molecule has 104 valence electrons. The third-order valence-corrected chi connectivity index (χ3v) is 2.44. The molecule has 0 spiro atoms. The molecular formula is C11H12F3N3O2. The summed E-state index contributed by atoms with van der Waals surface area (Å²) in [5, 5.41) is 13.5. The second-order valence-corrected chi connectivity index (χ2v) is 3.89. The van der Waals surface area contributed by atoms with Crippen LogP contribution in [-0.2, 0) is 0 Å². The largest absolute Gasteiger partial charge is 0.409 e. The van der Waals surface area contributed by atoms with Crippen LogP contribution < -0.4 is 11.1 Å². The summed E-state index contributed by atoms with van der Waals surface area (Å²) >= 11 is 0. The molecule has 1 rings (SSSR count). The van der Waals surface area contributed by atoms with E-state index < -0.39 is 29.3 Å². The van der Waals surface area contributed by atoms with Gasteiger partial charge in [0.1, 0.15) is 5.84 Å². The summed E-state index contributed by atoms with van der Waals surface area (Å²) in [5.41, 5.74) is 4.93. The molecule has 1 unspecified atom stereocenters. The highest BCUT2D eigenvalue weighted by Crippen LogP contribution is 2.13. The van der Waals surface area contributed by atoms with Crippen LogP contribution in [0.4, 0.5) is 13.2 Å². The molecule has 19 heavy (non-hydrogen) atoms. The van der Waals surface area contributed by atoms with E-state index in [4.69, 9.17) is 10.9 Å². The van der Waals surface area contributed by atoms with Crippen LogP contribution in [0.25, 0.3) is 0 Å². The van der Waals surface area contributed by atoms with Crippen molar-refractivity contribution >= 4 is 11.7 Å². The minimum atomic E-state index is -1.64. The van der Waals surface area contributed by atoms with Crippen molar-refractivity contribution in [2.24, 2.45) is 16.8 Å². The van der Waals surface area contributed by atoms with Crippen LogP contribution in [0.2, 0.25) is 0 Å². The predicted octanol–water partition coefficient (Wildman–Crippen LogP) is 1.22. The van der Waals surface area contributed by atoms with Gasteiger partial charge in [-0.15, -0.1) is 0 Å². The molecule has 0 aromatic heterocycles. The van der Waals surface area contributed by atoms with E-state index in [1.165, 1.54) is 0 Å². The number of hydrogen-bond donors (Lipinski definition) is 3. The normalized spacial score (nSPS) is 13.2. The van der Waals surface area contributed by atoms with Gasteiger partial charge in [-0.25, -0.2) is 13.2 Å². The number of halogens is 3. The van der Waals surface area contributed by atoms with E-state index in [2.05, 4.69) is 10.5 Å². The number of nitrogens with zero attached hydrogens (tertiary/aromatic N) is 1. The van der Waals surface area contributed by atoms with E-state index >= 15 is 0 Å². The van der Waals surface area contributed by atoms with E-state index in [-0.39, 0.29) is 17.9 Å². The first-order valence-corrected chi connectivity index (χ1v) is 5.27. The summed E-state index contributed by atoms with van der Waals surface area (Å²) in [7, 11) is 0. The van der Waals surface area contributed by atoms with Gasteiger partial charge in [0, 0.05) is 18.0 Å². The molecule has 0 bridgehead atoms. The number of amides is 1. The average Bonchev–Trinajstić information content (AvgIpc) is 2.39. The molecule has 0 saturated carbocycles. The number of rotatable bonds is 4. The number of benzene rings is 1. The lowest BCUT2D eigenvalue weighted by Crippen LogP contribution is -2.34. The Kier molecular flexibility index (Phi) is 4.74. The van der Waals surface area contributed by atoms with Gasteiger partial charge in [-0.05, 0) is 12.1 Å². The fourth-order valence-electron chi connectivity index (χ4n) is 1.24. The summed E-state index contributed by atoms with van der Waals surface area (Å²) < 4.78 is 38.5. The second-order valence-electron chi connectivity index (χ2n) is 3.89. The van der Waals surface area contributed by atoms with E-state index in [0.29, 0.717) is 12.1 Å². The third-order valence-electron chi connectivity index (χ3n) is 2.44. The van der Waals surface area contributed by atoms with Crippen molar-refractivity contribution in [2.45, 2.75) is 6.92 Å². The first kappa shape index (κ1) is 14.8. The van der Waals surface area contributed by atoms with Crippen LogP contribution in [-0.4, -0.2) is 23.5 Å². The third kappa shape index (κ3) is 3.60. The summed E-state index contributed by atoms with van der Waals surface area (Å²) in [6, 6.07) is 1.17. The van der Waals surface area contributed by atoms with Gasteiger partial charge >= 0.3 is 0 Å². The molecule has 0 radical (unpaired) electrons. The minimum Gasteiger partial charge on any atom is -0.409 e. The highest BCUT2D eigenvalue weighted by atomic mass is 19.2. The molecule has 0 fully saturated rings. The highest BCUT2D eigenvalue weighted by molar-refractivity contribution is 5.94. The van der Waals surface area contributed by atoms with Crippen molar-refractivity contribution in [1.82, 2.24) is 5.32 Å². The predicted molar refractivity (Wildman–Crippen MR) is 61.2 cm³/mol. The van der Waals surface area contributed by atoms with Crippen molar-refractivity contribution in [3.8, 4) is 0 Å². The van der Waals surface area contributed by atoms with Gasteiger partial charge in [-0.1, -0.05) is 12.1 Å². The molecule has 1 aromatic carbocycles. The molecule has 0 heterocycles. The molecule has 1 amide bonds. The smallest absolute Gasteiger partial charge is 0.251 e. The second kappa shape index (κ2) is 6.07. The maximum absolute atomic E-state index is 12.9. The van der Waals surface area contributed by atoms with Gasteiger partial charge in [0.25, 0.3) is 5.91 Å². The molecular weight excluding hydrogens is 263 g/mol. The van der Waals surface area contributed by atoms with Crippen molar-refractivity contribution < 1.29 is 23.2 Å². The standard InChI is InChI=1S/C11H12F3N3O2/c1-5(10(15)17-19)4-16-11(18)6-2-7(12)9(14)8(13)3-6/h2-3,5,19H,4H2,1H3,(H2,15,17)(H,16,18). The first-order valence-electron chi connectivity index (χ1n) is 5.27. The molecule has 5 nitrogen and oxygen atoms in total. The van der Waals surface area contributed by atoms with E-state index in [0.717, 1.165) is 0 Å². The van der Waals surface area contributed by atoms with E-state index in [9.17, 15) is 18.0 Å². The lowest BCUT2D eigenvalue weighted by atomic mass is 10.1. The SMILES string of the molecule is CC(CNC(=O)c1cc(F)c(F)c(F)c1)C(N)=NO. The van der Waals surface area contributed by atoms with Crippen LogP contribution in [0.5, 0.6) is 0 Å². The molecule has 4 N–H and O–H groups in total. The zero-order valence-corrected chi connectivity index (χ0v) is 9.95. The Morgan fingerprint density at radius 2 is 1.95 bits per heavy atom. The maximum atomic E-state index is 12.9. The molecule has 0 aliphatic rings.